The third-order valence-corrected chi connectivity index (χ3v) is 3.33. The lowest BCUT2D eigenvalue weighted by atomic mass is 10.2. The minimum absolute atomic E-state index is 0.143. The Hall–Kier alpha value is -3.24. The number of nitriles is 1. The number of carbonyl (C=O) groups excluding carboxylic acids is 2. The van der Waals surface area contributed by atoms with E-state index in [0.717, 1.165) is 0 Å². The summed E-state index contributed by atoms with van der Waals surface area (Å²) >= 11 is 0. The van der Waals surface area contributed by atoms with Gasteiger partial charge in [0.15, 0.2) is 0 Å². The molecule has 0 bridgehead atoms. The highest BCUT2D eigenvalue weighted by Crippen LogP contribution is 2.10. The molecule has 0 aliphatic rings. The first-order valence-corrected chi connectivity index (χ1v) is 7.71. The molecule has 0 aliphatic carbocycles. The molecule has 1 aromatic heterocycles. The van der Waals surface area contributed by atoms with Crippen LogP contribution in [-0.4, -0.2) is 48.9 Å². The van der Waals surface area contributed by atoms with Crippen LogP contribution in [0.4, 0.5) is 5.69 Å². The Labute approximate surface area is 146 Å². The number of carbonyl (C=O) groups is 2. The molecule has 0 spiro atoms. The summed E-state index contributed by atoms with van der Waals surface area (Å²) in [7, 11) is 3.83. The fraction of sp³-hybridized carbons (Fsp3) is 0.222. The van der Waals surface area contributed by atoms with Gasteiger partial charge in [0.1, 0.15) is 11.4 Å². The van der Waals surface area contributed by atoms with E-state index < -0.39 is 5.91 Å². The van der Waals surface area contributed by atoms with E-state index in [1.54, 1.807) is 36.4 Å². The maximum atomic E-state index is 12.3. The molecule has 7 heteroatoms. The molecule has 2 aromatic rings. The van der Waals surface area contributed by atoms with Gasteiger partial charge in [-0.15, -0.1) is 0 Å². The largest absolute Gasteiger partial charge is 0.349 e. The number of amides is 2. The monoisotopic (exact) mass is 337 g/mol. The number of nitrogens with zero attached hydrogens (tertiary/aromatic N) is 3. The topological polar surface area (TPSA) is 98.1 Å². The molecule has 25 heavy (non-hydrogen) atoms. The lowest BCUT2D eigenvalue weighted by Gasteiger charge is -2.10. The van der Waals surface area contributed by atoms with E-state index in [-0.39, 0.29) is 17.3 Å². The van der Waals surface area contributed by atoms with E-state index >= 15 is 0 Å². The molecule has 128 valence electrons. The van der Waals surface area contributed by atoms with Gasteiger partial charge in [0.05, 0.1) is 11.6 Å². The molecule has 0 radical (unpaired) electrons. The molecule has 2 rings (SSSR count). The predicted molar refractivity (Wildman–Crippen MR) is 94.2 cm³/mol. The maximum Gasteiger partial charge on any atom is 0.274 e. The number of benzene rings is 1. The third kappa shape index (κ3) is 5.41. The lowest BCUT2D eigenvalue weighted by molar-refractivity contribution is 0.0946. The highest BCUT2D eigenvalue weighted by Gasteiger charge is 2.12. The van der Waals surface area contributed by atoms with Crippen LogP contribution in [-0.2, 0) is 0 Å². The minimum atomic E-state index is -0.423. The number of hydrogen-bond acceptors (Lipinski definition) is 5. The second-order valence-corrected chi connectivity index (χ2v) is 5.61. The summed E-state index contributed by atoms with van der Waals surface area (Å²) in [5, 5.41) is 14.2. The minimum Gasteiger partial charge on any atom is -0.349 e. The van der Waals surface area contributed by atoms with Crippen molar-refractivity contribution in [2.24, 2.45) is 0 Å². The van der Waals surface area contributed by atoms with Crippen molar-refractivity contribution in [2.45, 2.75) is 0 Å². The van der Waals surface area contributed by atoms with Crippen molar-refractivity contribution in [1.82, 2.24) is 15.2 Å². The van der Waals surface area contributed by atoms with Gasteiger partial charge in [-0.1, -0.05) is 6.07 Å². The second-order valence-electron chi connectivity index (χ2n) is 5.61. The number of likely N-dealkylation sites (N-methyl/N-ethyl adjacent to an activating group) is 1. The second kappa shape index (κ2) is 8.57. The van der Waals surface area contributed by atoms with Crippen molar-refractivity contribution in [1.29, 1.82) is 5.26 Å². The molecule has 1 heterocycles. The summed E-state index contributed by atoms with van der Waals surface area (Å²) in [5.74, 6) is -0.748. The predicted octanol–water partition coefficient (Wildman–Crippen LogP) is 1.50. The zero-order chi connectivity index (χ0) is 18.2. The molecular weight excluding hydrogens is 318 g/mol. The summed E-state index contributed by atoms with van der Waals surface area (Å²) in [5.41, 5.74) is 1.38. The molecule has 0 fully saturated rings. The van der Waals surface area contributed by atoms with Crippen LogP contribution in [0.15, 0.2) is 42.5 Å². The third-order valence-electron chi connectivity index (χ3n) is 3.33. The summed E-state index contributed by atoms with van der Waals surface area (Å²) < 4.78 is 0. The molecule has 0 aliphatic heterocycles. The smallest absolute Gasteiger partial charge is 0.274 e. The van der Waals surface area contributed by atoms with Crippen LogP contribution in [0.3, 0.4) is 0 Å². The van der Waals surface area contributed by atoms with Gasteiger partial charge < -0.3 is 15.5 Å². The SMILES string of the molecule is CN(C)CCNC(=O)c1cccc(C(=O)Nc2ccc(C#N)cc2)n1. The molecule has 1 aromatic carbocycles. The average molecular weight is 337 g/mol. The van der Waals surface area contributed by atoms with Crippen LogP contribution in [0.2, 0.25) is 0 Å². The Balaban J connectivity index is 2.02. The lowest BCUT2D eigenvalue weighted by Crippen LogP contribution is -2.32. The number of hydrogen-bond donors (Lipinski definition) is 2. The molecule has 0 unspecified atom stereocenters. The quantitative estimate of drug-likeness (QED) is 0.832. The zero-order valence-electron chi connectivity index (χ0n) is 14.1. The van der Waals surface area contributed by atoms with Crippen molar-refractivity contribution < 1.29 is 9.59 Å². The highest BCUT2D eigenvalue weighted by molar-refractivity contribution is 6.03. The maximum absolute atomic E-state index is 12.3. The highest BCUT2D eigenvalue weighted by atomic mass is 16.2. The van der Waals surface area contributed by atoms with E-state index in [9.17, 15) is 9.59 Å². The van der Waals surface area contributed by atoms with E-state index in [0.29, 0.717) is 24.3 Å². The van der Waals surface area contributed by atoms with Crippen LogP contribution in [0.25, 0.3) is 0 Å². The Morgan fingerprint density at radius 3 is 2.32 bits per heavy atom. The first kappa shape index (κ1) is 18.1. The first-order chi connectivity index (χ1) is 12.0. The van der Waals surface area contributed by atoms with E-state index in [1.807, 2.05) is 25.1 Å². The van der Waals surface area contributed by atoms with E-state index in [4.69, 9.17) is 5.26 Å². The fourth-order valence-electron chi connectivity index (χ4n) is 1.99. The van der Waals surface area contributed by atoms with Crippen LogP contribution >= 0.6 is 0 Å². The van der Waals surface area contributed by atoms with Crippen molar-refractivity contribution in [3.63, 3.8) is 0 Å². The van der Waals surface area contributed by atoms with Gasteiger partial charge in [-0.2, -0.15) is 5.26 Å². The number of rotatable bonds is 6. The molecule has 0 saturated carbocycles. The first-order valence-electron chi connectivity index (χ1n) is 7.71. The summed E-state index contributed by atoms with van der Waals surface area (Å²) in [6.45, 7) is 1.21. The molecular formula is C18H19N5O2. The Morgan fingerprint density at radius 2 is 1.72 bits per heavy atom. The Bertz CT molecular complexity index is 794. The van der Waals surface area contributed by atoms with Crippen molar-refractivity contribution in [2.75, 3.05) is 32.5 Å². The Kier molecular flexibility index (Phi) is 6.20. The van der Waals surface area contributed by atoms with Gasteiger partial charge in [-0.3, -0.25) is 9.59 Å². The van der Waals surface area contributed by atoms with Gasteiger partial charge in [0, 0.05) is 18.8 Å². The van der Waals surface area contributed by atoms with Crippen LogP contribution < -0.4 is 10.6 Å². The summed E-state index contributed by atoms with van der Waals surface area (Å²) in [6.07, 6.45) is 0. The number of anilines is 1. The molecule has 0 saturated heterocycles. The van der Waals surface area contributed by atoms with Crippen molar-refractivity contribution in [3.05, 3.63) is 59.4 Å². The molecule has 7 nitrogen and oxygen atoms in total. The number of aromatic nitrogens is 1. The summed E-state index contributed by atoms with van der Waals surface area (Å²) in [6, 6.07) is 13.2. The van der Waals surface area contributed by atoms with Gasteiger partial charge in [0.2, 0.25) is 0 Å². The number of pyridine rings is 1. The van der Waals surface area contributed by atoms with Crippen molar-refractivity contribution >= 4 is 17.5 Å². The average Bonchev–Trinajstić information content (AvgIpc) is 2.62. The van der Waals surface area contributed by atoms with Crippen LogP contribution in [0.5, 0.6) is 0 Å². The van der Waals surface area contributed by atoms with Crippen LogP contribution in [0, 0.1) is 11.3 Å². The molecule has 2 amide bonds. The normalized spacial score (nSPS) is 10.2. The van der Waals surface area contributed by atoms with E-state index in [1.165, 1.54) is 6.07 Å². The van der Waals surface area contributed by atoms with Gasteiger partial charge in [-0.05, 0) is 50.5 Å². The van der Waals surface area contributed by atoms with Gasteiger partial charge in [0.25, 0.3) is 11.8 Å². The van der Waals surface area contributed by atoms with Crippen molar-refractivity contribution in [3.8, 4) is 6.07 Å². The number of nitrogens with one attached hydrogen (secondary N) is 2. The van der Waals surface area contributed by atoms with E-state index in [2.05, 4.69) is 15.6 Å². The van der Waals surface area contributed by atoms with Crippen LogP contribution in [0.1, 0.15) is 26.5 Å². The Morgan fingerprint density at radius 1 is 1.08 bits per heavy atom. The van der Waals surface area contributed by atoms with Gasteiger partial charge >= 0.3 is 0 Å². The standard InChI is InChI=1S/C18H19N5O2/c1-23(2)11-10-20-17(24)15-4-3-5-16(22-15)18(25)21-14-8-6-13(12-19)7-9-14/h3-9H,10-11H2,1-2H3,(H,20,24)(H,21,25). The molecule has 2 N–H and O–H groups in total. The fourth-order valence-corrected chi connectivity index (χ4v) is 1.99. The molecule has 0 atom stereocenters. The summed E-state index contributed by atoms with van der Waals surface area (Å²) in [4.78, 5) is 30.4. The zero-order valence-corrected chi connectivity index (χ0v) is 14.1. The van der Waals surface area contributed by atoms with Gasteiger partial charge in [-0.25, -0.2) is 4.98 Å².